The van der Waals surface area contributed by atoms with Crippen LogP contribution in [0.15, 0.2) is 103 Å². The fraction of sp³-hybridized carbons (Fsp3) is 0.257. The Bertz CT molecular complexity index is 1610. The number of carbonyl (C=O) groups excluding carboxylic acids is 2. The predicted molar refractivity (Wildman–Crippen MR) is 160 cm³/mol. The number of ether oxygens (including phenoxy) is 1. The third-order valence-electron chi connectivity index (χ3n) is 9.23. The van der Waals surface area contributed by atoms with E-state index in [2.05, 4.69) is 17.0 Å². The molecule has 7 rings (SSSR count). The highest BCUT2D eigenvalue weighted by atomic mass is 35.5. The number of amides is 1. The molecule has 5 nitrogen and oxygen atoms in total. The summed E-state index contributed by atoms with van der Waals surface area (Å²) in [4.78, 5) is 34.3. The lowest BCUT2D eigenvalue weighted by molar-refractivity contribution is -0.125. The molecule has 0 bridgehead atoms. The average Bonchev–Trinajstić information content (AvgIpc) is 3.65. The van der Waals surface area contributed by atoms with Gasteiger partial charge in [0.15, 0.2) is 5.78 Å². The number of anilines is 1. The van der Waals surface area contributed by atoms with Gasteiger partial charge in [0.2, 0.25) is 5.91 Å². The summed E-state index contributed by atoms with van der Waals surface area (Å²) in [7, 11) is 1.61. The highest BCUT2D eigenvalue weighted by Crippen LogP contribution is 2.64. The zero-order valence-corrected chi connectivity index (χ0v) is 23.6. The maximum absolute atomic E-state index is 15.2. The van der Waals surface area contributed by atoms with Crippen LogP contribution in [-0.4, -0.2) is 36.3 Å². The lowest BCUT2D eigenvalue weighted by Gasteiger charge is -2.37. The second kappa shape index (κ2) is 10.2. The van der Waals surface area contributed by atoms with Gasteiger partial charge >= 0.3 is 0 Å². The number of rotatable bonds is 6. The number of carbonyl (C=O) groups is 2. The van der Waals surface area contributed by atoms with Crippen LogP contribution in [0.1, 0.15) is 45.9 Å². The Hall–Kier alpha value is -3.93. The smallest absolute Gasteiger partial charge is 0.240 e. The maximum atomic E-state index is 15.2. The molecular formula is C35H31ClN2O3. The third-order valence-corrected chi connectivity index (χ3v) is 9.47. The van der Waals surface area contributed by atoms with E-state index in [1.54, 1.807) is 7.11 Å². The van der Waals surface area contributed by atoms with Crippen LogP contribution in [0.25, 0.3) is 0 Å². The zero-order chi connectivity index (χ0) is 28.1. The van der Waals surface area contributed by atoms with Crippen molar-refractivity contribution >= 4 is 29.0 Å². The van der Waals surface area contributed by atoms with E-state index in [0.29, 0.717) is 22.9 Å². The summed E-state index contributed by atoms with van der Waals surface area (Å²) in [6, 6.07) is 32.9. The number of hydrogen-bond acceptors (Lipinski definition) is 4. The van der Waals surface area contributed by atoms with Crippen LogP contribution in [0.5, 0.6) is 5.75 Å². The van der Waals surface area contributed by atoms with Crippen molar-refractivity contribution in [2.75, 3.05) is 18.6 Å². The molecule has 0 N–H and O–H groups in total. The Balaban J connectivity index is 1.47. The van der Waals surface area contributed by atoms with E-state index in [1.807, 2.05) is 95.9 Å². The van der Waals surface area contributed by atoms with Crippen molar-refractivity contribution in [2.45, 2.75) is 36.9 Å². The van der Waals surface area contributed by atoms with Gasteiger partial charge in [-0.05, 0) is 78.5 Å². The molecule has 0 radical (unpaired) electrons. The molecule has 3 aliphatic rings. The first-order chi connectivity index (χ1) is 20.0. The summed E-state index contributed by atoms with van der Waals surface area (Å²) < 4.78 is 5.36. The van der Waals surface area contributed by atoms with Crippen molar-refractivity contribution in [1.29, 1.82) is 0 Å². The van der Waals surface area contributed by atoms with Gasteiger partial charge in [-0.1, -0.05) is 72.3 Å². The Kier molecular flexibility index (Phi) is 6.44. The number of nitrogens with zero attached hydrogens (tertiary/aromatic N) is 2. The molecule has 4 aromatic carbocycles. The molecular weight excluding hydrogens is 532 g/mol. The van der Waals surface area contributed by atoms with Gasteiger partial charge in [-0.25, -0.2) is 0 Å². The van der Waals surface area contributed by atoms with E-state index in [0.717, 1.165) is 41.8 Å². The number of hydrogen-bond donors (Lipinski definition) is 0. The van der Waals surface area contributed by atoms with Gasteiger partial charge in [0, 0.05) is 22.3 Å². The second-order valence-corrected chi connectivity index (χ2v) is 11.7. The minimum absolute atomic E-state index is 0.0104. The van der Waals surface area contributed by atoms with Crippen LogP contribution in [0, 0.1) is 5.92 Å². The number of benzene rings is 4. The summed E-state index contributed by atoms with van der Waals surface area (Å²) in [6.07, 6.45) is 1.85. The Labute approximate surface area is 245 Å². The van der Waals surface area contributed by atoms with Crippen LogP contribution in [0.3, 0.4) is 0 Å². The van der Waals surface area contributed by atoms with Gasteiger partial charge in [-0.15, -0.1) is 0 Å². The van der Waals surface area contributed by atoms with E-state index >= 15 is 4.79 Å². The molecule has 0 unspecified atom stereocenters. The summed E-state index contributed by atoms with van der Waals surface area (Å²) in [6.45, 7) is 1.26. The molecule has 41 heavy (non-hydrogen) atoms. The Morgan fingerprint density at radius 3 is 2.37 bits per heavy atom. The van der Waals surface area contributed by atoms with Crippen molar-refractivity contribution in [2.24, 2.45) is 5.92 Å². The fourth-order valence-electron chi connectivity index (χ4n) is 7.65. The maximum Gasteiger partial charge on any atom is 0.240 e. The van der Waals surface area contributed by atoms with Gasteiger partial charge in [0.05, 0.1) is 25.6 Å². The van der Waals surface area contributed by atoms with Gasteiger partial charge in [0.1, 0.15) is 11.2 Å². The first kappa shape index (κ1) is 26.0. The highest BCUT2D eigenvalue weighted by molar-refractivity contribution is 6.31. The number of halogens is 1. The fourth-order valence-corrected chi connectivity index (χ4v) is 7.82. The lowest BCUT2D eigenvalue weighted by atomic mass is 9.63. The second-order valence-electron chi connectivity index (χ2n) is 11.2. The molecule has 0 saturated carbocycles. The number of fused-ring (bicyclic) bond motifs is 3. The highest BCUT2D eigenvalue weighted by Gasteiger charge is 2.71. The van der Waals surface area contributed by atoms with E-state index in [1.165, 1.54) is 0 Å². The van der Waals surface area contributed by atoms with Crippen molar-refractivity contribution in [3.8, 4) is 5.75 Å². The zero-order valence-electron chi connectivity index (χ0n) is 22.9. The molecule has 1 spiro atoms. The first-order valence-electron chi connectivity index (χ1n) is 14.2. The largest absolute Gasteiger partial charge is 0.497 e. The molecule has 4 atom stereocenters. The van der Waals surface area contributed by atoms with Gasteiger partial charge in [-0.2, -0.15) is 0 Å². The van der Waals surface area contributed by atoms with Crippen molar-refractivity contribution in [1.82, 2.24) is 4.90 Å². The molecule has 2 fully saturated rings. The topological polar surface area (TPSA) is 49.9 Å². The third kappa shape index (κ3) is 3.94. The average molecular weight is 563 g/mol. The van der Waals surface area contributed by atoms with Crippen LogP contribution < -0.4 is 9.64 Å². The molecule has 6 heteroatoms. The number of methoxy groups -OCH3 is 1. The van der Waals surface area contributed by atoms with Gasteiger partial charge in [-0.3, -0.25) is 14.5 Å². The van der Waals surface area contributed by atoms with Crippen molar-refractivity contribution in [3.63, 3.8) is 0 Å². The van der Waals surface area contributed by atoms with E-state index in [9.17, 15) is 4.79 Å². The van der Waals surface area contributed by atoms with E-state index in [4.69, 9.17) is 16.3 Å². The van der Waals surface area contributed by atoms with Crippen LogP contribution >= 0.6 is 11.6 Å². The molecule has 206 valence electrons. The summed E-state index contributed by atoms with van der Waals surface area (Å²) in [5.41, 5.74) is 3.22. The molecule has 0 aromatic heterocycles. The minimum atomic E-state index is -1.13. The standard InChI is InChI=1S/C35H31ClN2O3/c1-41-27-17-14-24(15-18-27)32(39)31-30-13-8-20-37(30)33(25-11-6-3-7-12-25)35(31)28-21-26(36)16-19-29(28)38(34(35)40)22-23-9-4-2-5-10-23/h2-7,9-12,14-19,21,30-31,33H,8,13,20,22H2,1H3/t30-,31+,33-,35+/m0/s1. The SMILES string of the molecule is COc1ccc(C(=O)[C@H]2[C@@H]3CCCN3[C@@H](c3ccccc3)[C@]23C(=O)N(Cc2ccccc2)c2ccc(Cl)cc23)cc1. The molecule has 3 heterocycles. The summed E-state index contributed by atoms with van der Waals surface area (Å²) in [5, 5.41) is 0.562. The van der Waals surface area contributed by atoms with Crippen LogP contribution in [0.2, 0.25) is 5.02 Å². The molecule has 1 amide bonds. The number of Topliss-reactive ketones (excluding diaryl/α,β-unsaturated/α-hetero) is 1. The predicted octanol–water partition coefficient (Wildman–Crippen LogP) is 6.85. The molecule has 3 aliphatic heterocycles. The van der Waals surface area contributed by atoms with Crippen LogP contribution in [-0.2, 0) is 16.8 Å². The molecule has 2 saturated heterocycles. The minimum Gasteiger partial charge on any atom is -0.497 e. The van der Waals surface area contributed by atoms with Gasteiger partial charge < -0.3 is 9.64 Å². The van der Waals surface area contributed by atoms with Gasteiger partial charge in [0.25, 0.3) is 0 Å². The lowest BCUT2D eigenvalue weighted by Crippen LogP contribution is -2.50. The van der Waals surface area contributed by atoms with Crippen molar-refractivity contribution < 1.29 is 14.3 Å². The normalized spacial score (nSPS) is 25.0. The van der Waals surface area contributed by atoms with E-state index < -0.39 is 11.3 Å². The van der Waals surface area contributed by atoms with Crippen molar-refractivity contribution in [3.05, 3.63) is 130 Å². The monoisotopic (exact) mass is 562 g/mol. The Morgan fingerprint density at radius 1 is 0.951 bits per heavy atom. The number of ketones is 1. The molecule has 0 aliphatic carbocycles. The van der Waals surface area contributed by atoms with E-state index in [-0.39, 0.29) is 23.8 Å². The quantitative estimate of drug-likeness (QED) is 0.241. The first-order valence-corrected chi connectivity index (χ1v) is 14.6. The van der Waals surface area contributed by atoms with Crippen LogP contribution in [0.4, 0.5) is 5.69 Å². The molecule has 4 aromatic rings. The summed E-state index contributed by atoms with van der Waals surface area (Å²) in [5.74, 6) is 0.0714. The summed E-state index contributed by atoms with van der Waals surface area (Å²) >= 11 is 6.69. The Morgan fingerprint density at radius 2 is 1.66 bits per heavy atom.